The van der Waals surface area contributed by atoms with Crippen LogP contribution < -0.4 is 4.74 Å². The van der Waals surface area contributed by atoms with Crippen LogP contribution >= 0.6 is 0 Å². The molecule has 18 heavy (non-hydrogen) atoms. The fourth-order valence-electron chi connectivity index (χ4n) is 1.60. The molecular weight excluding hydrogens is 220 g/mol. The van der Waals surface area contributed by atoms with Gasteiger partial charge in [-0.25, -0.2) is 0 Å². The van der Waals surface area contributed by atoms with Crippen molar-refractivity contribution in [3.05, 3.63) is 65.7 Å². The molecule has 2 aromatic rings. The standard InChI is InChI=1S/C17H14O/c1-4-14-8-10-16(11-9-14)18-17-12-15(5-2)7-6-13(17)3/h1,5-12H,2H2,3H3. The minimum atomic E-state index is 0.776. The number of hydrogen-bond donors (Lipinski definition) is 0. The van der Waals surface area contributed by atoms with E-state index in [0.717, 1.165) is 28.2 Å². The Bertz CT molecular complexity index is 600. The summed E-state index contributed by atoms with van der Waals surface area (Å²) in [5.41, 5.74) is 2.97. The Balaban J connectivity index is 2.27. The minimum absolute atomic E-state index is 0.776. The minimum Gasteiger partial charge on any atom is -0.457 e. The molecule has 0 fully saturated rings. The number of ether oxygens (including phenoxy) is 1. The maximum atomic E-state index is 5.83. The third-order valence-electron chi connectivity index (χ3n) is 2.70. The summed E-state index contributed by atoms with van der Waals surface area (Å²) in [4.78, 5) is 0. The van der Waals surface area contributed by atoms with Crippen LogP contribution in [0.2, 0.25) is 0 Å². The van der Waals surface area contributed by atoms with E-state index in [1.54, 1.807) is 6.08 Å². The van der Waals surface area contributed by atoms with Crippen LogP contribution in [0.25, 0.3) is 6.08 Å². The molecule has 0 spiro atoms. The van der Waals surface area contributed by atoms with Gasteiger partial charge in [0.25, 0.3) is 0 Å². The van der Waals surface area contributed by atoms with Crippen LogP contribution in [0.5, 0.6) is 11.5 Å². The molecule has 0 aromatic heterocycles. The third-order valence-corrected chi connectivity index (χ3v) is 2.70. The SMILES string of the molecule is C#Cc1ccc(Oc2cc(C=C)ccc2C)cc1. The van der Waals surface area contributed by atoms with Gasteiger partial charge >= 0.3 is 0 Å². The van der Waals surface area contributed by atoms with E-state index in [2.05, 4.69) is 12.5 Å². The molecule has 0 aliphatic heterocycles. The molecule has 0 unspecified atom stereocenters. The van der Waals surface area contributed by atoms with Crippen LogP contribution in [0, 0.1) is 19.3 Å². The van der Waals surface area contributed by atoms with Crippen molar-refractivity contribution >= 4 is 6.08 Å². The highest BCUT2D eigenvalue weighted by atomic mass is 16.5. The summed E-state index contributed by atoms with van der Waals surface area (Å²) >= 11 is 0. The van der Waals surface area contributed by atoms with E-state index in [0.29, 0.717) is 0 Å². The van der Waals surface area contributed by atoms with Gasteiger partial charge in [0, 0.05) is 5.56 Å². The highest BCUT2D eigenvalue weighted by Gasteiger charge is 2.02. The van der Waals surface area contributed by atoms with Crippen LogP contribution in [0.3, 0.4) is 0 Å². The van der Waals surface area contributed by atoms with Gasteiger partial charge in [0.1, 0.15) is 11.5 Å². The van der Waals surface area contributed by atoms with Gasteiger partial charge in [-0.1, -0.05) is 30.7 Å². The molecule has 0 bridgehead atoms. The van der Waals surface area contributed by atoms with E-state index in [1.807, 2.05) is 49.4 Å². The lowest BCUT2D eigenvalue weighted by molar-refractivity contribution is 0.479. The third kappa shape index (κ3) is 2.61. The lowest BCUT2D eigenvalue weighted by Gasteiger charge is -2.09. The number of hydrogen-bond acceptors (Lipinski definition) is 1. The van der Waals surface area contributed by atoms with E-state index >= 15 is 0 Å². The van der Waals surface area contributed by atoms with Gasteiger partial charge in [0.05, 0.1) is 0 Å². The van der Waals surface area contributed by atoms with Gasteiger partial charge in [-0.2, -0.15) is 0 Å². The first-order valence-electron chi connectivity index (χ1n) is 5.70. The fourth-order valence-corrected chi connectivity index (χ4v) is 1.60. The molecule has 88 valence electrons. The molecule has 0 amide bonds. The Kier molecular flexibility index (Phi) is 3.50. The molecule has 0 atom stereocenters. The van der Waals surface area contributed by atoms with E-state index < -0.39 is 0 Å². The van der Waals surface area contributed by atoms with Crippen molar-refractivity contribution in [1.29, 1.82) is 0 Å². The highest BCUT2D eigenvalue weighted by Crippen LogP contribution is 2.26. The quantitative estimate of drug-likeness (QED) is 0.715. The molecule has 0 aliphatic carbocycles. The predicted octanol–water partition coefficient (Wildman–Crippen LogP) is 4.41. The highest BCUT2D eigenvalue weighted by molar-refractivity contribution is 5.52. The second-order valence-corrected chi connectivity index (χ2v) is 4.00. The summed E-state index contributed by atoms with van der Waals surface area (Å²) in [6.45, 7) is 5.77. The van der Waals surface area contributed by atoms with Crippen molar-refractivity contribution in [3.63, 3.8) is 0 Å². The molecule has 0 radical (unpaired) electrons. The summed E-state index contributed by atoms with van der Waals surface area (Å²) in [6, 6.07) is 13.5. The molecule has 0 heterocycles. The second kappa shape index (κ2) is 5.25. The summed E-state index contributed by atoms with van der Waals surface area (Å²) < 4.78 is 5.83. The molecule has 0 saturated carbocycles. The maximum Gasteiger partial charge on any atom is 0.130 e. The van der Waals surface area contributed by atoms with Gasteiger partial charge in [-0.15, -0.1) is 6.42 Å². The number of terminal acetylenes is 1. The van der Waals surface area contributed by atoms with Gasteiger partial charge in [0.15, 0.2) is 0 Å². The van der Waals surface area contributed by atoms with E-state index in [-0.39, 0.29) is 0 Å². The zero-order chi connectivity index (χ0) is 13.0. The van der Waals surface area contributed by atoms with Crippen molar-refractivity contribution in [3.8, 4) is 23.8 Å². The van der Waals surface area contributed by atoms with Crippen LogP contribution in [0.15, 0.2) is 49.0 Å². The summed E-state index contributed by atoms with van der Waals surface area (Å²) in [5.74, 6) is 4.19. The molecular formula is C17H14O. The monoisotopic (exact) mass is 234 g/mol. The Morgan fingerprint density at radius 1 is 1.17 bits per heavy atom. The molecule has 0 N–H and O–H groups in total. The fraction of sp³-hybridized carbons (Fsp3) is 0.0588. The Labute approximate surface area is 108 Å². The topological polar surface area (TPSA) is 9.23 Å². The zero-order valence-electron chi connectivity index (χ0n) is 10.3. The van der Waals surface area contributed by atoms with Gasteiger partial charge in [-0.05, 0) is 48.4 Å². The predicted molar refractivity (Wildman–Crippen MR) is 75.7 cm³/mol. The molecule has 2 aromatic carbocycles. The Morgan fingerprint density at radius 3 is 2.50 bits per heavy atom. The summed E-state index contributed by atoms with van der Waals surface area (Å²) in [7, 11) is 0. The molecule has 2 rings (SSSR count). The normalized spacial score (nSPS) is 9.56. The van der Waals surface area contributed by atoms with Crippen LogP contribution in [0.1, 0.15) is 16.7 Å². The first-order valence-corrected chi connectivity index (χ1v) is 5.70. The molecule has 1 heteroatoms. The van der Waals surface area contributed by atoms with Crippen LogP contribution in [-0.4, -0.2) is 0 Å². The smallest absolute Gasteiger partial charge is 0.130 e. The van der Waals surface area contributed by atoms with Crippen molar-refractivity contribution in [1.82, 2.24) is 0 Å². The Morgan fingerprint density at radius 2 is 1.89 bits per heavy atom. The zero-order valence-corrected chi connectivity index (χ0v) is 10.3. The van der Waals surface area contributed by atoms with Crippen molar-refractivity contribution in [2.75, 3.05) is 0 Å². The largest absolute Gasteiger partial charge is 0.457 e. The van der Waals surface area contributed by atoms with Gasteiger partial charge in [0.2, 0.25) is 0 Å². The average molecular weight is 234 g/mol. The second-order valence-electron chi connectivity index (χ2n) is 4.00. The lowest BCUT2D eigenvalue weighted by atomic mass is 10.1. The summed E-state index contributed by atoms with van der Waals surface area (Å²) in [5, 5.41) is 0. The van der Waals surface area contributed by atoms with Crippen molar-refractivity contribution in [2.24, 2.45) is 0 Å². The maximum absolute atomic E-state index is 5.83. The molecule has 0 saturated heterocycles. The van der Waals surface area contributed by atoms with Crippen LogP contribution in [0.4, 0.5) is 0 Å². The Hall–Kier alpha value is -2.46. The summed E-state index contributed by atoms with van der Waals surface area (Å²) in [6.07, 6.45) is 7.11. The van der Waals surface area contributed by atoms with Crippen LogP contribution in [-0.2, 0) is 0 Å². The first-order chi connectivity index (χ1) is 8.72. The number of benzene rings is 2. The van der Waals surface area contributed by atoms with Crippen molar-refractivity contribution < 1.29 is 4.74 Å². The van der Waals surface area contributed by atoms with E-state index in [4.69, 9.17) is 11.2 Å². The lowest BCUT2D eigenvalue weighted by Crippen LogP contribution is -1.88. The number of rotatable bonds is 3. The number of aryl methyl sites for hydroxylation is 1. The first kappa shape index (κ1) is 12.0. The van der Waals surface area contributed by atoms with Crippen molar-refractivity contribution in [2.45, 2.75) is 6.92 Å². The molecule has 1 nitrogen and oxygen atoms in total. The molecule has 0 aliphatic rings. The van der Waals surface area contributed by atoms with Gasteiger partial charge in [-0.3, -0.25) is 0 Å². The van der Waals surface area contributed by atoms with Gasteiger partial charge < -0.3 is 4.74 Å². The van der Waals surface area contributed by atoms with E-state index in [1.165, 1.54) is 0 Å². The van der Waals surface area contributed by atoms with E-state index in [9.17, 15) is 0 Å². The average Bonchev–Trinajstić information content (AvgIpc) is 2.42.